The third-order valence-electron chi connectivity index (χ3n) is 8.09. The van der Waals surface area contributed by atoms with E-state index >= 15 is 0 Å². The standard InChI is InChI=1S/C25H26FN3O6S2/c1-34-25(35-2)16-11-36-23-21(16)37(32,33)28-22(27-23)18-20(30)17-13-5-6-14(9-13)19(17)29(24(18)31)10-12-3-7-15(26)8-4-12/h3-4,7-8,11,13-14,17-19,25H,5-6,9-10H2,1-2H3,(H,27,28)/t13-,14+,17+,18?,19-/m0/s1. The molecule has 1 aromatic heterocycles. The number of sulfonamides is 1. The lowest BCUT2D eigenvalue weighted by molar-refractivity contribution is -0.153. The van der Waals surface area contributed by atoms with Crippen LogP contribution in [0.1, 0.15) is 36.7 Å². The monoisotopic (exact) mass is 547 g/mol. The average molecular weight is 548 g/mol. The van der Waals surface area contributed by atoms with Gasteiger partial charge in [0, 0.05) is 43.7 Å². The fourth-order valence-electron chi connectivity index (χ4n) is 6.62. The minimum absolute atomic E-state index is 0.0772. The molecule has 1 unspecified atom stereocenters. The van der Waals surface area contributed by atoms with Crippen LogP contribution >= 0.6 is 11.3 Å². The number of thiophene rings is 1. The van der Waals surface area contributed by atoms with Crippen LogP contribution in [-0.4, -0.2) is 51.1 Å². The number of rotatable bonds is 6. The number of carbonyl (C=O) groups is 2. The number of benzene rings is 1. The van der Waals surface area contributed by atoms with Crippen LogP contribution in [0.25, 0.3) is 0 Å². The smallest absolute Gasteiger partial charge is 0.287 e. The van der Waals surface area contributed by atoms with Crippen LogP contribution in [0.4, 0.5) is 9.39 Å². The van der Waals surface area contributed by atoms with Crippen molar-refractivity contribution in [1.82, 2.24) is 4.90 Å². The van der Waals surface area contributed by atoms with Crippen LogP contribution in [0.3, 0.4) is 0 Å². The van der Waals surface area contributed by atoms with E-state index in [0.717, 1.165) is 36.2 Å². The number of anilines is 1. The van der Waals surface area contributed by atoms with E-state index in [9.17, 15) is 22.4 Å². The van der Waals surface area contributed by atoms with Crippen LogP contribution in [-0.2, 0) is 35.6 Å². The van der Waals surface area contributed by atoms with E-state index in [-0.39, 0.29) is 57.7 Å². The maximum absolute atomic E-state index is 13.9. The zero-order valence-corrected chi connectivity index (χ0v) is 21.9. The van der Waals surface area contributed by atoms with E-state index in [4.69, 9.17) is 9.47 Å². The highest BCUT2D eigenvalue weighted by Gasteiger charge is 2.60. The SMILES string of the molecule is COC(OC)c1csc2c1S(=O)(=O)N=C(C1C(=O)[C@@H]3[C@H]4CC[C@H](C4)[C@@H]3N(Cc3ccc(F)cc3)C1=O)N2. The number of piperidine rings is 1. The van der Waals surface area contributed by atoms with Crippen molar-refractivity contribution in [3.63, 3.8) is 0 Å². The molecule has 1 saturated heterocycles. The summed E-state index contributed by atoms with van der Waals surface area (Å²) in [5, 5.41) is 4.85. The molecule has 1 N–H and O–H groups in total. The number of methoxy groups -OCH3 is 2. The van der Waals surface area contributed by atoms with Gasteiger partial charge in [-0.2, -0.15) is 8.42 Å². The second-order valence-electron chi connectivity index (χ2n) is 10.0. The highest BCUT2D eigenvalue weighted by molar-refractivity contribution is 7.90. The molecule has 1 amide bonds. The Balaban J connectivity index is 1.39. The van der Waals surface area contributed by atoms with Gasteiger partial charge in [0.05, 0.1) is 0 Å². The molecule has 5 atom stereocenters. The predicted molar refractivity (Wildman–Crippen MR) is 133 cm³/mol. The normalized spacial score (nSPS) is 29.8. The van der Waals surface area contributed by atoms with Crippen molar-refractivity contribution in [1.29, 1.82) is 0 Å². The van der Waals surface area contributed by atoms with E-state index in [1.807, 2.05) is 0 Å². The van der Waals surface area contributed by atoms with Gasteiger partial charge in [-0.1, -0.05) is 12.1 Å². The summed E-state index contributed by atoms with van der Waals surface area (Å²) in [6.45, 7) is 0.213. The van der Waals surface area contributed by atoms with Crippen molar-refractivity contribution >= 4 is 43.9 Å². The average Bonchev–Trinajstić information content (AvgIpc) is 3.59. The number of likely N-dealkylation sites (tertiary alicyclic amines) is 1. The van der Waals surface area contributed by atoms with Gasteiger partial charge in [0.2, 0.25) is 5.91 Å². The highest BCUT2D eigenvalue weighted by atomic mass is 32.2. The van der Waals surface area contributed by atoms with E-state index in [1.165, 1.54) is 26.4 Å². The molecule has 2 aliphatic carbocycles. The van der Waals surface area contributed by atoms with Crippen molar-refractivity contribution in [2.24, 2.45) is 28.1 Å². The molecular formula is C25H26FN3O6S2. The molecule has 2 aliphatic heterocycles. The van der Waals surface area contributed by atoms with E-state index in [1.54, 1.807) is 22.4 Å². The second kappa shape index (κ2) is 8.97. The number of carbonyl (C=O) groups excluding carboxylic acids is 2. The summed E-state index contributed by atoms with van der Waals surface area (Å²) in [6.07, 6.45) is 1.82. The minimum Gasteiger partial charge on any atom is -0.352 e. The van der Waals surface area contributed by atoms with Crippen LogP contribution in [0.15, 0.2) is 38.9 Å². The first kappa shape index (κ1) is 24.7. The van der Waals surface area contributed by atoms with Crippen molar-refractivity contribution in [3.8, 4) is 0 Å². The summed E-state index contributed by atoms with van der Waals surface area (Å²) in [6, 6.07) is 5.69. The number of hydrogen-bond donors (Lipinski definition) is 1. The lowest BCUT2D eigenvalue weighted by atomic mass is 9.73. The maximum Gasteiger partial charge on any atom is 0.287 e. The van der Waals surface area contributed by atoms with Crippen LogP contribution < -0.4 is 5.32 Å². The van der Waals surface area contributed by atoms with E-state index in [0.29, 0.717) is 5.56 Å². The topological polar surface area (TPSA) is 114 Å². The summed E-state index contributed by atoms with van der Waals surface area (Å²) in [5.74, 6) is -2.64. The van der Waals surface area contributed by atoms with Gasteiger partial charge in [0.1, 0.15) is 21.5 Å². The zero-order valence-electron chi connectivity index (χ0n) is 20.2. The molecule has 37 heavy (non-hydrogen) atoms. The van der Waals surface area contributed by atoms with Gasteiger partial charge < -0.3 is 19.7 Å². The number of hydrogen-bond acceptors (Lipinski definition) is 8. The zero-order chi connectivity index (χ0) is 26.1. The molecule has 1 aromatic carbocycles. The Morgan fingerprint density at radius 3 is 2.57 bits per heavy atom. The highest BCUT2D eigenvalue weighted by Crippen LogP contribution is 2.54. The number of amides is 1. The number of nitrogens with zero attached hydrogens (tertiary/aromatic N) is 2. The quantitative estimate of drug-likeness (QED) is 0.436. The van der Waals surface area contributed by atoms with Gasteiger partial charge >= 0.3 is 0 Å². The van der Waals surface area contributed by atoms with Crippen molar-refractivity contribution in [2.75, 3.05) is 19.5 Å². The molecule has 12 heteroatoms. The summed E-state index contributed by atoms with van der Waals surface area (Å²) in [7, 11) is -1.44. The Morgan fingerprint density at radius 2 is 1.86 bits per heavy atom. The van der Waals surface area contributed by atoms with Crippen molar-refractivity contribution < 1.29 is 31.9 Å². The van der Waals surface area contributed by atoms with Gasteiger partial charge in [-0.05, 0) is 48.8 Å². The molecule has 196 valence electrons. The summed E-state index contributed by atoms with van der Waals surface area (Å²) >= 11 is 1.12. The van der Waals surface area contributed by atoms with Gasteiger partial charge in [-0.25, -0.2) is 4.39 Å². The molecular weight excluding hydrogens is 521 g/mol. The molecule has 0 radical (unpaired) electrons. The number of ether oxygens (including phenoxy) is 2. The second-order valence-corrected chi connectivity index (χ2v) is 12.4. The van der Waals surface area contributed by atoms with E-state index < -0.39 is 28.1 Å². The number of Topliss-reactive ketones (excluding diaryl/α,β-unsaturated/α-hetero) is 1. The lowest BCUT2D eigenvalue weighted by Crippen LogP contribution is -2.61. The number of ketones is 1. The first-order chi connectivity index (χ1) is 17.7. The van der Waals surface area contributed by atoms with E-state index in [2.05, 4.69) is 9.71 Å². The summed E-state index contributed by atoms with van der Waals surface area (Å²) in [4.78, 5) is 29.4. The first-order valence-electron chi connectivity index (χ1n) is 12.1. The fraction of sp³-hybridized carbons (Fsp3) is 0.480. The van der Waals surface area contributed by atoms with Gasteiger partial charge in [-0.15, -0.1) is 15.7 Å². The maximum atomic E-state index is 13.9. The van der Waals surface area contributed by atoms with Gasteiger partial charge in [0.25, 0.3) is 10.0 Å². The number of nitrogens with one attached hydrogen (secondary N) is 1. The largest absolute Gasteiger partial charge is 0.352 e. The Kier molecular flexibility index (Phi) is 5.98. The third-order valence-corrected chi connectivity index (χ3v) is 10.5. The molecule has 6 rings (SSSR count). The van der Waals surface area contributed by atoms with Crippen molar-refractivity contribution in [3.05, 3.63) is 46.6 Å². The molecule has 3 fully saturated rings. The van der Waals surface area contributed by atoms with Crippen LogP contribution in [0.5, 0.6) is 0 Å². The van der Waals surface area contributed by atoms with Crippen LogP contribution in [0.2, 0.25) is 0 Å². The number of amidine groups is 1. The number of fused-ring (bicyclic) bond motifs is 6. The molecule has 2 bridgehead atoms. The van der Waals surface area contributed by atoms with Crippen molar-refractivity contribution in [2.45, 2.75) is 43.0 Å². The Morgan fingerprint density at radius 1 is 1.16 bits per heavy atom. The molecule has 9 nitrogen and oxygen atoms in total. The molecule has 0 spiro atoms. The Hall–Kier alpha value is -2.67. The minimum atomic E-state index is -4.24. The fourth-order valence-corrected chi connectivity index (χ4v) is 9.26. The Labute approximate surface area is 217 Å². The summed E-state index contributed by atoms with van der Waals surface area (Å²) < 4.78 is 54.6. The lowest BCUT2D eigenvalue weighted by Gasteiger charge is -2.45. The van der Waals surface area contributed by atoms with Crippen LogP contribution in [0, 0.1) is 29.5 Å². The molecule has 2 saturated carbocycles. The van der Waals surface area contributed by atoms with Gasteiger partial charge in [0.15, 0.2) is 18.0 Å². The molecule has 4 aliphatic rings. The Bertz CT molecular complexity index is 1400. The summed E-state index contributed by atoms with van der Waals surface area (Å²) in [5.41, 5.74) is 1.04. The first-order valence-corrected chi connectivity index (χ1v) is 14.4. The van der Waals surface area contributed by atoms with Gasteiger partial charge in [-0.3, -0.25) is 9.59 Å². The molecule has 3 heterocycles. The molecule has 2 aromatic rings. The predicted octanol–water partition coefficient (Wildman–Crippen LogP) is 3.33. The number of halogens is 1. The third kappa shape index (κ3) is 3.84.